The second kappa shape index (κ2) is 14.2. The molecular formula is C37H72O7Si2. The molecule has 4 fully saturated rings. The third-order valence-corrected chi connectivity index (χ3v) is 21.6. The van der Waals surface area contributed by atoms with Gasteiger partial charge in [0.1, 0.15) is 18.5 Å². The number of fused-ring (bicyclic) bond motifs is 2. The Balaban J connectivity index is 0.000000250. The Kier molecular flexibility index (Phi) is 12.5. The van der Waals surface area contributed by atoms with Gasteiger partial charge in [-0.1, -0.05) is 124 Å². The van der Waals surface area contributed by atoms with Gasteiger partial charge >= 0.3 is 17.1 Å². The van der Waals surface area contributed by atoms with E-state index < -0.39 is 17.1 Å². The van der Waals surface area contributed by atoms with E-state index in [9.17, 15) is 4.79 Å². The zero-order valence-corrected chi connectivity index (χ0v) is 34.7. The predicted octanol–water partition coefficient (Wildman–Crippen LogP) is 9.36. The quantitative estimate of drug-likeness (QED) is 0.216. The minimum atomic E-state index is -2.43. The summed E-state index contributed by atoms with van der Waals surface area (Å²) in [6, 6.07) is 0. The zero-order chi connectivity index (χ0) is 35.3. The van der Waals surface area contributed by atoms with E-state index >= 15 is 0 Å². The zero-order valence-electron chi connectivity index (χ0n) is 32.7. The van der Waals surface area contributed by atoms with Gasteiger partial charge in [-0.2, -0.15) is 0 Å². The lowest BCUT2D eigenvalue weighted by Crippen LogP contribution is -2.67. The van der Waals surface area contributed by atoms with Crippen molar-refractivity contribution in [3.63, 3.8) is 0 Å². The second-order valence-electron chi connectivity index (χ2n) is 19.3. The number of carbonyl (C=O) groups excluding carboxylic acids is 1. The molecule has 0 N–H and O–H groups in total. The van der Waals surface area contributed by atoms with E-state index in [-0.39, 0.29) is 56.6 Å². The van der Waals surface area contributed by atoms with Crippen LogP contribution in [0.4, 0.5) is 0 Å². The molecule has 7 nitrogen and oxygen atoms in total. The molecule has 0 unspecified atom stereocenters. The minimum absolute atomic E-state index is 0.00754. The molecular weight excluding hydrogens is 613 g/mol. The van der Waals surface area contributed by atoms with Crippen LogP contribution in [0.15, 0.2) is 0 Å². The fraction of sp³-hybridized carbons (Fsp3) is 0.973. The third-order valence-electron chi connectivity index (χ3n) is 11.2. The van der Waals surface area contributed by atoms with Gasteiger partial charge in [-0.05, 0) is 30.6 Å². The lowest BCUT2D eigenvalue weighted by atomic mass is 9.84. The van der Waals surface area contributed by atoms with Gasteiger partial charge in [-0.15, -0.1) is 0 Å². The van der Waals surface area contributed by atoms with Crippen LogP contribution in [0.5, 0.6) is 0 Å². The van der Waals surface area contributed by atoms with E-state index in [1.54, 1.807) is 0 Å². The van der Waals surface area contributed by atoms with E-state index in [2.05, 4.69) is 111 Å². The van der Waals surface area contributed by atoms with Crippen LogP contribution in [0.3, 0.4) is 0 Å². The first-order valence-corrected chi connectivity index (χ1v) is 21.9. The molecule has 4 saturated heterocycles. The van der Waals surface area contributed by atoms with Crippen molar-refractivity contribution in [3.05, 3.63) is 0 Å². The molecule has 46 heavy (non-hydrogen) atoms. The first-order chi connectivity index (χ1) is 20.9. The maximum absolute atomic E-state index is 11.1. The van der Waals surface area contributed by atoms with Crippen LogP contribution in [0.1, 0.15) is 137 Å². The maximum Gasteiger partial charge on any atom is 0.349 e. The van der Waals surface area contributed by atoms with Crippen molar-refractivity contribution in [2.24, 2.45) is 23.7 Å². The van der Waals surface area contributed by atoms with Crippen LogP contribution in [0.2, 0.25) is 20.2 Å². The largest absolute Gasteiger partial charge is 0.391 e. The normalized spacial score (nSPS) is 36.3. The van der Waals surface area contributed by atoms with Crippen LogP contribution in [0.25, 0.3) is 0 Å². The highest BCUT2D eigenvalue weighted by Gasteiger charge is 2.64. The highest BCUT2D eigenvalue weighted by Crippen LogP contribution is 2.57. The SMILES string of the molecule is CC[C@@H](C)[C@@H]1O[C@@H]2CO[Si](C(C)(C)C)(C(C)(C)C)O[C@@H]2C[C@@H]1C.C[C@H](C=O)[C@@H]1O[C@@H]2CO[Si](C(C)(C)C)(C(C)(C)C)O[C@@H]2C[C@@H]1C. The molecule has 0 bridgehead atoms. The van der Waals surface area contributed by atoms with E-state index in [1.165, 1.54) is 0 Å². The van der Waals surface area contributed by atoms with Crippen molar-refractivity contribution in [2.75, 3.05) is 13.2 Å². The van der Waals surface area contributed by atoms with Gasteiger partial charge < -0.3 is 32.0 Å². The molecule has 0 aliphatic carbocycles. The monoisotopic (exact) mass is 684 g/mol. The van der Waals surface area contributed by atoms with Crippen LogP contribution in [-0.4, -0.2) is 73.2 Å². The predicted molar refractivity (Wildman–Crippen MR) is 192 cm³/mol. The van der Waals surface area contributed by atoms with Crippen molar-refractivity contribution in [1.29, 1.82) is 0 Å². The molecule has 0 aromatic heterocycles. The second-order valence-corrected chi connectivity index (χ2v) is 28.8. The molecule has 0 saturated carbocycles. The number of hydrogen-bond donors (Lipinski definition) is 0. The van der Waals surface area contributed by atoms with Crippen molar-refractivity contribution < 1.29 is 32.0 Å². The number of rotatable bonds is 4. The summed E-state index contributed by atoms with van der Waals surface area (Å²) in [6.45, 7) is 39.3. The van der Waals surface area contributed by atoms with Gasteiger partial charge in [0.05, 0.1) is 37.6 Å². The van der Waals surface area contributed by atoms with E-state index in [0.717, 1.165) is 25.5 Å². The molecule has 270 valence electrons. The van der Waals surface area contributed by atoms with E-state index in [4.69, 9.17) is 27.2 Å². The van der Waals surface area contributed by atoms with Crippen molar-refractivity contribution >= 4 is 23.4 Å². The van der Waals surface area contributed by atoms with Crippen LogP contribution in [-0.2, 0) is 32.0 Å². The molecule has 10 atom stereocenters. The fourth-order valence-electron chi connectivity index (χ4n) is 9.06. The van der Waals surface area contributed by atoms with Crippen molar-refractivity contribution in [3.8, 4) is 0 Å². The average molecular weight is 685 g/mol. The molecule has 0 aromatic carbocycles. The third kappa shape index (κ3) is 7.77. The maximum atomic E-state index is 11.1. The van der Waals surface area contributed by atoms with Gasteiger partial charge in [0, 0.05) is 26.1 Å². The van der Waals surface area contributed by atoms with Crippen LogP contribution >= 0.6 is 0 Å². The molecule has 4 aliphatic heterocycles. The lowest BCUT2D eigenvalue weighted by molar-refractivity contribution is -0.192. The smallest absolute Gasteiger partial charge is 0.349 e. The summed E-state index contributed by atoms with van der Waals surface area (Å²) in [5.74, 6) is 1.39. The number of hydrogen-bond acceptors (Lipinski definition) is 7. The lowest BCUT2D eigenvalue weighted by Gasteiger charge is -2.57. The highest BCUT2D eigenvalue weighted by molar-refractivity contribution is 6.74. The Bertz CT molecular complexity index is 979. The Morgan fingerprint density at radius 1 is 0.630 bits per heavy atom. The topological polar surface area (TPSA) is 72.5 Å². The Morgan fingerprint density at radius 3 is 1.30 bits per heavy atom. The standard InChI is InChI=1S/C19H38O3Si.C18H34O4Si/c1-10-13(2)17-14(3)11-15-16(21-17)12-20-23(22-15,18(4,5)6)19(7,8)9;1-12-9-14-15(21-16(12)13(2)10-19)11-20-23(22-14,17(3,4)5)18(6,7)8/h13-17H,10-12H2,1-9H3;10,12-16H,9,11H2,1-8H3/t13-,14+,15-,16-,17+;12-,13+,14+,15+,16+/m10/s1. The number of aldehydes is 1. The summed E-state index contributed by atoms with van der Waals surface area (Å²) in [7, 11) is -4.79. The fourth-order valence-corrected chi connectivity index (χ4v) is 19.0. The molecule has 0 aromatic rings. The Morgan fingerprint density at radius 2 is 0.978 bits per heavy atom. The number of carbonyl (C=O) groups is 1. The Labute approximate surface area is 285 Å². The van der Waals surface area contributed by atoms with Crippen LogP contribution in [0, 0.1) is 23.7 Å². The van der Waals surface area contributed by atoms with Gasteiger partial charge in [0.2, 0.25) is 0 Å². The van der Waals surface area contributed by atoms with Gasteiger partial charge in [0.15, 0.2) is 0 Å². The van der Waals surface area contributed by atoms with Crippen molar-refractivity contribution in [2.45, 2.75) is 194 Å². The molecule has 4 rings (SSSR count). The van der Waals surface area contributed by atoms with Crippen molar-refractivity contribution in [1.82, 2.24) is 0 Å². The van der Waals surface area contributed by atoms with Gasteiger partial charge in [-0.25, -0.2) is 0 Å². The summed E-state index contributed by atoms with van der Waals surface area (Å²) in [6.07, 6.45) is 4.85. The summed E-state index contributed by atoms with van der Waals surface area (Å²) in [5.41, 5.74) is 0. The summed E-state index contributed by atoms with van der Waals surface area (Å²) in [4.78, 5) is 11.1. The molecule has 9 heteroatoms. The highest BCUT2D eigenvalue weighted by atomic mass is 28.4. The molecule has 4 aliphatic rings. The first kappa shape index (κ1) is 40.3. The molecule has 0 amide bonds. The molecule has 0 radical (unpaired) electrons. The van der Waals surface area contributed by atoms with E-state index in [1.807, 2.05) is 6.92 Å². The first-order valence-electron chi connectivity index (χ1n) is 18.3. The Hall–Kier alpha value is -0.136. The van der Waals surface area contributed by atoms with E-state index in [0.29, 0.717) is 37.1 Å². The van der Waals surface area contributed by atoms with Gasteiger partial charge in [-0.3, -0.25) is 0 Å². The summed E-state index contributed by atoms with van der Waals surface area (Å²) >= 11 is 0. The van der Waals surface area contributed by atoms with Gasteiger partial charge in [0.25, 0.3) is 0 Å². The summed E-state index contributed by atoms with van der Waals surface area (Å²) in [5, 5.41) is 0.0822. The number of ether oxygens (including phenoxy) is 2. The molecule has 4 heterocycles. The average Bonchev–Trinajstić information content (AvgIpc) is 2.92. The summed E-state index contributed by atoms with van der Waals surface area (Å²) < 4.78 is 39.3. The van der Waals surface area contributed by atoms with Crippen LogP contribution < -0.4 is 0 Å². The molecule has 0 spiro atoms. The minimum Gasteiger partial charge on any atom is -0.391 e.